The quantitative estimate of drug-likeness (QED) is 0.643. The number of aliphatic hydroxyl groups is 1. The number of aromatic nitrogens is 4. The molecule has 3 N–H and O–H groups in total. The molecule has 0 bridgehead atoms. The molecule has 4 atom stereocenters. The molecule has 10 nitrogen and oxygen atoms in total. The molecule has 1 saturated heterocycles. The van der Waals surface area contributed by atoms with Crippen molar-refractivity contribution in [1.29, 1.82) is 0 Å². The van der Waals surface area contributed by atoms with Crippen LogP contribution in [-0.4, -0.2) is 68.4 Å². The first-order chi connectivity index (χ1) is 16.1. The first-order valence-electron chi connectivity index (χ1n) is 11.5. The number of aliphatic imine (C=N–C) groups is 1. The first-order valence-corrected chi connectivity index (χ1v) is 11.5. The molecule has 6 rings (SSSR count). The number of allylic oxidation sites excluding steroid dienone is 2. The second-order valence-electron chi connectivity index (χ2n) is 9.03. The van der Waals surface area contributed by atoms with Gasteiger partial charge in [-0.1, -0.05) is 6.08 Å². The van der Waals surface area contributed by atoms with Gasteiger partial charge in [0.25, 0.3) is 0 Å². The van der Waals surface area contributed by atoms with Crippen LogP contribution in [0.15, 0.2) is 33.8 Å². The molecule has 0 amide bonds. The van der Waals surface area contributed by atoms with Gasteiger partial charge < -0.3 is 20.1 Å². The highest BCUT2D eigenvalue weighted by Crippen LogP contribution is 2.32. The second kappa shape index (κ2) is 8.07. The van der Waals surface area contributed by atoms with Crippen molar-refractivity contribution >= 4 is 29.3 Å². The number of ether oxygens (including phenoxy) is 1. The third-order valence-corrected chi connectivity index (χ3v) is 6.96. The third-order valence-electron chi connectivity index (χ3n) is 6.96. The number of hydrogen-bond donors (Lipinski definition) is 3. The number of H-pyrrole nitrogens is 1. The molecule has 2 unspecified atom stereocenters. The summed E-state index contributed by atoms with van der Waals surface area (Å²) in [6.07, 6.45) is 9.64. The van der Waals surface area contributed by atoms with E-state index >= 15 is 0 Å². The lowest BCUT2D eigenvalue weighted by molar-refractivity contribution is 0.0697. The van der Waals surface area contributed by atoms with Crippen LogP contribution in [0.3, 0.4) is 0 Å². The number of aliphatic hydroxyl groups excluding tert-OH is 1. The van der Waals surface area contributed by atoms with E-state index in [1.54, 1.807) is 21.9 Å². The Morgan fingerprint density at radius 1 is 1.21 bits per heavy atom. The van der Waals surface area contributed by atoms with E-state index in [1.165, 1.54) is 12.2 Å². The minimum Gasteiger partial charge on any atom is -0.391 e. The Balaban J connectivity index is 1.47. The lowest BCUT2D eigenvalue weighted by Gasteiger charge is -2.26. The van der Waals surface area contributed by atoms with Crippen molar-refractivity contribution < 1.29 is 14.2 Å². The topological polar surface area (TPSA) is 121 Å². The average molecular weight is 455 g/mol. The summed E-state index contributed by atoms with van der Waals surface area (Å²) in [5.74, 6) is 0.449. The maximum absolute atomic E-state index is 14.0. The van der Waals surface area contributed by atoms with Gasteiger partial charge in [-0.05, 0) is 44.3 Å². The van der Waals surface area contributed by atoms with Gasteiger partial charge in [-0.3, -0.25) is 14.5 Å². The molecule has 0 aromatic carbocycles. The summed E-state index contributed by atoms with van der Waals surface area (Å²) in [6.45, 7) is 1.17. The van der Waals surface area contributed by atoms with Crippen molar-refractivity contribution in [3.63, 3.8) is 0 Å². The number of hydrogen-bond acceptors (Lipinski definition) is 8. The highest BCUT2D eigenvalue weighted by atomic mass is 19.1. The summed E-state index contributed by atoms with van der Waals surface area (Å²) in [4.78, 5) is 31.6. The summed E-state index contributed by atoms with van der Waals surface area (Å²) in [5.41, 5.74) is 0.740. The van der Waals surface area contributed by atoms with Crippen molar-refractivity contribution in [2.75, 3.05) is 23.4 Å². The van der Waals surface area contributed by atoms with Gasteiger partial charge in [-0.15, -0.1) is 0 Å². The van der Waals surface area contributed by atoms with Gasteiger partial charge in [-0.2, -0.15) is 9.97 Å². The number of anilines is 2. The number of rotatable bonds is 4. The molecule has 2 aromatic rings. The molecule has 0 radical (unpaired) electrons. The minimum absolute atomic E-state index is 0.0392. The highest BCUT2D eigenvalue weighted by molar-refractivity contribution is 5.88. The van der Waals surface area contributed by atoms with Crippen LogP contribution >= 0.6 is 0 Å². The predicted octanol–water partition coefficient (Wildman–Crippen LogP) is 1.81. The van der Waals surface area contributed by atoms with Crippen molar-refractivity contribution in [1.82, 2.24) is 19.5 Å². The first kappa shape index (κ1) is 20.5. The molecule has 11 heteroatoms. The Bertz CT molecular complexity index is 1210. The van der Waals surface area contributed by atoms with Crippen LogP contribution in [0.2, 0.25) is 0 Å². The smallest absolute Gasteiger partial charge is 0.328 e. The van der Waals surface area contributed by atoms with Gasteiger partial charge in [0.05, 0.1) is 30.6 Å². The van der Waals surface area contributed by atoms with Gasteiger partial charge in [0.2, 0.25) is 5.95 Å². The number of fused-ring (bicyclic) bond motifs is 2. The number of aromatic amines is 1. The van der Waals surface area contributed by atoms with Crippen LogP contribution in [-0.2, 0) is 4.74 Å². The maximum atomic E-state index is 14.0. The fourth-order valence-electron chi connectivity index (χ4n) is 5.19. The minimum atomic E-state index is -0.485. The van der Waals surface area contributed by atoms with Crippen LogP contribution in [0.25, 0.3) is 11.2 Å². The Labute approximate surface area is 188 Å². The standard InChI is InChI=1S/C22H26FN7O3/c23-12-4-5-14-16(10-12)29(11-24-14)21-27-19(25-15-2-1-3-17(15)31)18-20(28-21)30(22(32)26-18)13-6-8-33-9-7-13/h4-5,10-11,13-17,31H,1-3,6-9H2,(H,26,32)(H,25,27,28)/t14?,15-,16?,17+/m1/s1. The summed E-state index contributed by atoms with van der Waals surface area (Å²) in [7, 11) is 0. The van der Waals surface area contributed by atoms with Gasteiger partial charge in [0.1, 0.15) is 11.3 Å². The van der Waals surface area contributed by atoms with E-state index in [-0.39, 0.29) is 35.7 Å². The number of nitrogens with one attached hydrogen (secondary N) is 2. The number of imidazole rings is 1. The molecule has 4 heterocycles. The Morgan fingerprint density at radius 2 is 2.06 bits per heavy atom. The lowest BCUT2D eigenvalue weighted by Crippen LogP contribution is -2.37. The number of nitrogens with zero attached hydrogens (tertiary/aromatic N) is 5. The van der Waals surface area contributed by atoms with Gasteiger partial charge in [-0.25, -0.2) is 9.18 Å². The fraction of sp³-hybridized carbons (Fsp3) is 0.545. The molecule has 4 aliphatic rings. The van der Waals surface area contributed by atoms with Gasteiger partial charge >= 0.3 is 5.69 Å². The van der Waals surface area contributed by atoms with E-state index in [0.29, 0.717) is 49.0 Å². The second-order valence-corrected chi connectivity index (χ2v) is 9.03. The van der Waals surface area contributed by atoms with Crippen LogP contribution < -0.4 is 15.9 Å². The third kappa shape index (κ3) is 3.55. The summed E-state index contributed by atoms with van der Waals surface area (Å²) in [5, 5.41) is 13.7. The maximum Gasteiger partial charge on any atom is 0.328 e. The van der Waals surface area contributed by atoms with E-state index in [4.69, 9.17) is 14.7 Å². The highest BCUT2D eigenvalue weighted by Gasteiger charge is 2.34. The summed E-state index contributed by atoms with van der Waals surface area (Å²) < 4.78 is 21.2. The molecular weight excluding hydrogens is 429 g/mol. The number of halogens is 1. The summed E-state index contributed by atoms with van der Waals surface area (Å²) in [6, 6.07) is -0.802. The Kier molecular flexibility index (Phi) is 5.02. The van der Waals surface area contributed by atoms with E-state index in [0.717, 1.165) is 19.3 Å². The fourth-order valence-corrected chi connectivity index (χ4v) is 5.19. The molecule has 174 valence electrons. The zero-order chi connectivity index (χ0) is 22.5. The molecule has 2 fully saturated rings. The summed E-state index contributed by atoms with van der Waals surface area (Å²) >= 11 is 0. The van der Waals surface area contributed by atoms with Crippen LogP contribution in [0, 0.1) is 0 Å². The Morgan fingerprint density at radius 3 is 2.85 bits per heavy atom. The van der Waals surface area contributed by atoms with Crippen molar-refractivity contribution in [2.45, 2.75) is 62.4 Å². The van der Waals surface area contributed by atoms with Crippen molar-refractivity contribution in [3.8, 4) is 0 Å². The predicted molar refractivity (Wildman–Crippen MR) is 121 cm³/mol. The normalized spacial score (nSPS) is 29.6. The zero-order valence-electron chi connectivity index (χ0n) is 18.0. The largest absolute Gasteiger partial charge is 0.391 e. The zero-order valence-corrected chi connectivity index (χ0v) is 18.0. The van der Waals surface area contributed by atoms with Crippen molar-refractivity contribution in [2.24, 2.45) is 4.99 Å². The van der Waals surface area contributed by atoms with Gasteiger partial charge in [0.15, 0.2) is 11.5 Å². The van der Waals surface area contributed by atoms with E-state index in [1.807, 2.05) is 0 Å². The molecule has 2 aliphatic carbocycles. The van der Waals surface area contributed by atoms with E-state index in [9.17, 15) is 14.3 Å². The molecule has 33 heavy (non-hydrogen) atoms. The SMILES string of the molecule is O=c1[nH]c2c(N[C@@H]3CCC[C@@H]3O)nc(N3C=NC4C=CC(F)=CC43)nc2n1C1CCOCC1. The van der Waals surface area contributed by atoms with E-state index < -0.39 is 6.10 Å². The molecule has 2 aromatic heterocycles. The lowest BCUT2D eigenvalue weighted by atomic mass is 10.0. The van der Waals surface area contributed by atoms with Crippen molar-refractivity contribution in [3.05, 3.63) is 34.5 Å². The molecular formula is C22H26FN7O3. The molecule has 2 aliphatic heterocycles. The van der Waals surface area contributed by atoms with Crippen LogP contribution in [0.1, 0.15) is 38.1 Å². The monoisotopic (exact) mass is 455 g/mol. The van der Waals surface area contributed by atoms with Gasteiger partial charge in [0, 0.05) is 19.3 Å². The molecule has 0 spiro atoms. The van der Waals surface area contributed by atoms with E-state index in [2.05, 4.69) is 15.3 Å². The molecule has 1 saturated carbocycles. The van der Waals surface area contributed by atoms with Crippen LogP contribution in [0.5, 0.6) is 0 Å². The Hall–Kier alpha value is -3.05. The average Bonchev–Trinajstić information content (AvgIpc) is 3.50. The van der Waals surface area contributed by atoms with Crippen LogP contribution in [0.4, 0.5) is 16.2 Å².